The number of urea groups is 1. The van der Waals surface area contributed by atoms with Crippen molar-refractivity contribution in [3.63, 3.8) is 0 Å². The highest BCUT2D eigenvalue weighted by atomic mass is 19.1. The molecule has 2 unspecified atom stereocenters. The minimum Gasteiger partial charge on any atom is -0.331 e. The second-order valence-electron chi connectivity index (χ2n) is 12.2. The van der Waals surface area contributed by atoms with Crippen LogP contribution < -0.4 is 5.32 Å². The second kappa shape index (κ2) is 10.5. The number of nitrogens with zero attached hydrogens (tertiary/aromatic N) is 3. The first-order chi connectivity index (χ1) is 19.4. The monoisotopic (exact) mass is 540 g/mol. The van der Waals surface area contributed by atoms with Crippen LogP contribution in [-0.2, 0) is 11.8 Å². The first-order valence-electron chi connectivity index (χ1n) is 15.1. The van der Waals surface area contributed by atoms with Crippen molar-refractivity contribution in [3.8, 4) is 5.69 Å². The molecule has 1 spiro atoms. The molecule has 210 valence electrons. The van der Waals surface area contributed by atoms with Crippen molar-refractivity contribution < 1.29 is 9.18 Å². The Hall–Kier alpha value is -3.41. The first-order valence-corrected chi connectivity index (χ1v) is 15.1. The van der Waals surface area contributed by atoms with Crippen LogP contribution in [0, 0.1) is 11.7 Å². The zero-order valence-corrected chi connectivity index (χ0v) is 24.2. The van der Waals surface area contributed by atoms with Crippen molar-refractivity contribution in [2.45, 2.75) is 96.2 Å². The van der Waals surface area contributed by atoms with Gasteiger partial charge in [0.15, 0.2) is 0 Å². The molecule has 1 aromatic heterocycles. The van der Waals surface area contributed by atoms with Crippen molar-refractivity contribution in [1.29, 1.82) is 0 Å². The van der Waals surface area contributed by atoms with Crippen LogP contribution in [0.5, 0.6) is 0 Å². The molecule has 6 heteroatoms. The molecule has 1 saturated carbocycles. The van der Waals surface area contributed by atoms with Gasteiger partial charge in [-0.05, 0) is 105 Å². The average Bonchev–Trinajstić information content (AvgIpc) is 3.53. The summed E-state index contributed by atoms with van der Waals surface area (Å²) in [5, 5.41) is 8.24. The number of carbonyl (C=O) groups excluding carboxylic acids is 1. The smallest absolute Gasteiger partial charge is 0.318 e. The van der Waals surface area contributed by atoms with Crippen LogP contribution in [0.1, 0.15) is 94.6 Å². The molecule has 4 atom stereocenters. The fourth-order valence-corrected chi connectivity index (χ4v) is 7.94. The summed E-state index contributed by atoms with van der Waals surface area (Å²) in [6, 6.07) is 15.8. The van der Waals surface area contributed by atoms with Crippen molar-refractivity contribution in [2.24, 2.45) is 5.92 Å². The van der Waals surface area contributed by atoms with Crippen LogP contribution in [0.15, 0.2) is 60.3 Å². The predicted molar refractivity (Wildman–Crippen MR) is 158 cm³/mol. The van der Waals surface area contributed by atoms with Crippen molar-refractivity contribution >= 4 is 12.1 Å². The van der Waals surface area contributed by atoms with Gasteiger partial charge in [0.1, 0.15) is 5.82 Å². The number of aromatic nitrogens is 2. The lowest BCUT2D eigenvalue weighted by molar-refractivity contribution is 0.139. The summed E-state index contributed by atoms with van der Waals surface area (Å²) < 4.78 is 15.5. The van der Waals surface area contributed by atoms with Crippen LogP contribution in [0.4, 0.5) is 9.18 Å². The van der Waals surface area contributed by atoms with Crippen LogP contribution in [-0.4, -0.2) is 32.8 Å². The summed E-state index contributed by atoms with van der Waals surface area (Å²) in [7, 11) is 0. The minimum absolute atomic E-state index is 0.00222. The number of hydrogen-bond donors (Lipinski definition) is 1. The summed E-state index contributed by atoms with van der Waals surface area (Å²) in [4.78, 5) is 15.9. The molecular formula is C34H41FN4O. The Bertz CT molecular complexity index is 1420. The normalized spacial score (nSPS) is 23.5. The Kier molecular flexibility index (Phi) is 7.05. The standard InChI is InChI=1S/C34H41FN4O/c1-5-9-27(6-2)38(22(3)4)33(40)37-31-18-24-12-13-25-19-32-23(20-34(24,25)30-11-8-7-10-29(30)31)21-36-39(32)28-16-14-26(35)15-17-28/h7-8,10-11,14-17,19,21-22,24,27,31H,5-6,9,12-13,18,20H2,1-4H3,(H,37,40)/t24-,27?,31?,34+/m1/s1. The van der Waals surface area contributed by atoms with Gasteiger partial charge in [0.25, 0.3) is 0 Å². The topological polar surface area (TPSA) is 50.2 Å². The van der Waals surface area contributed by atoms with Gasteiger partial charge in [-0.1, -0.05) is 50.1 Å². The van der Waals surface area contributed by atoms with Crippen LogP contribution in [0.3, 0.4) is 0 Å². The second-order valence-corrected chi connectivity index (χ2v) is 12.2. The fourth-order valence-electron chi connectivity index (χ4n) is 7.94. The van der Waals surface area contributed by atoms with E-state index in [9.17, 15) is 9.18 Å². The van der Waals surface area contributed by atoms with Crippen molar-refractivity contribution in [2.75, 3.05) is 0 Å². The summed E-state index contributed by atoms with van der Waals surface area (Å²) in [6.07, 6.45) is 11.4. The zero-order chi connectivity index (χ0) is 28.0. The number of carbonyl (C=O) groups is 1. The van der Waals surface area contributed by atoms with E-state index in [0.717, 1.165) is 56.3 Å². The van der Waals surface area contributed by atoms with E-state index >= 15 is 0 Å². The molecule has 1 N–H and O–H groups in total. The van der Waals surface area contributed by atoms with E-state index in [1.807, 2.05) is 10.9 Å². The highest BCUT2D eigenvalue weighted by Crippen LogP contribution is 2.60. The molecule has 2 amide bonds. The molecule has 1 fully saturated rings. The molecule has 0 radical (unpaired) electrons. The summed E-state index contributed by atoms with van der Waals surface area (Å²) in [5.74, 6) is 0.208. The molecule has 0 aliphatic heterocycles. The number of allylic oxidation sites excluding steroid dienone is 1. The quantitative estimate of drug-likeness (QED) is 0.333. The molecule has 0 bridgehead atoms. The van der Waals surface area contributed by atoms with Gasteiger partial charge in [0.2, 0.25) is 0 Å². The fraction of sp³-hybridized carbons (Fsp3) is 0.471. The van der Waals surface area contributed by atoms with Crippen molar-refractivity contribution in [3.05, 3.63) is 88.5 Å². The molecule has 3 aromatic rings. The summed E-state index contributed by atoms with van der Waals surface area (Å²) >= 11 is 0. The number of rotatable bonds is 7. The summed E-state index contributed by atoms with van der Waals surface area (Å²) in [5.41, 5.74) is 7.22. The Labute approximate surface area is 237 Å². The van der Waals surface area contributed by atoms with Gasteiger partial charge < -0.3 is 10.2 Å². The van der Waals surface area contributed by atoms with E-state index in [1.54, 1.807) is 12.1 Å². The maximum Gasteiger partial charge on any atom is 0.318 e. The predicted octanol–water partition coefficient (Wildman–Crippen LogP) is 7.74. The number of benzene rings is 2. The van der Waals surface area contributed by atoms with Gasteiger partial charge in [0.05, 0.1) is 23.6 Å². The highest BCUT2D eigenvalue weighted by molar-refractivity contribution is 5.76. The van der Waals surface area contributed by atoms with Crippen LogP contribution in [0.25, 0.3) is 11.8 Å². The maximum atomic E-state index is 13.8. The first kappa shape index (κ1) is 26.8. The number of halogens is 1. The lowest BCUT2D eigenvalue weighted by Crippen LogP contribution is -2.52. The molecule has 1 heterocycles. The van der Waals surface area contributed by atoms with E-state index in [2.05, 4.69) is 68.3 Å². The Morgan fingerprint density at radius 1 is 1.18 bits per heavy atom. The Balaban J connectivity index is 1.34. The largest absolute Gasteiger partial charge is 0.331 e. The number of fused-ring (bicyclic) bond motifs is 2. The molecule has 2 aromatic carbocycles. The maximum absolute atomic E-state index is 13.8. The SMILES string of the molecule is CCCC(CC)N(C(=O)NC1C[C@H]2CCC3=Cc4c(cnn4-c4ccc(F)cc4)C[C@@]32c2ccccc21)C(C)C. The molecule has 3 aliphatic carbocycles. The molecule has 40 heavy (non-hydrogen) atoms. The highest BCUT2D eigenvalue weighted by Gasteiger charge is 2.54. The van der Waals surface area contributed by atoms with Gasteiger partial charge in [-0.2, -0.15) is 5.10 Å². The minimum atomic E-state index is -0.242. The lowest BCUT2D eigenvalue weighted by atomic mass is 9.58. The zero-order valence-electron chi connectivity index (χ0n) is 24.2. The van der Waals surface area contributed by atoms with E-state index < -0.39 is 0 Å². The molecule has 0 saturated heterocycles. The third-order valence-electron chi connectivity index (χ3n) is 9.68. The van der Waals surface area contributed by atoms with Gasteiger partial charge in [-0.15, -0.1) is 0 Å². The lowest BCUT2D eigenvalue weighted by Gasteiger charge is -2.47. The van der Waals surface area contributed by atoms with E-state index in [-0.39, 0.29) is 35.4 Å². The van der Waals surface area contributed by atoms with E-state index in [0.29, 0.717) is 5.92 Å². The van der Waals surface area contributed by atoms with Gasteiger partial charge in [-0.3, -0.25) is 0 Å². The van der Waals surface area contributed by atoms with Crippen LogP contribution in [0.2, 0.25) is 0 Å². The Morgan fingerprint density at radius 2 is 1.95 bits per heavy atom. The molecule has 6 rings (SSSR count). The number of nitrogens with one attached hydrogen (secondary N) is 1. The van der Waals surface area contributed by atoms with E-state index in [1.165, 1.54) is 34.4 Å². The number of hydrogen-bond acceptors (Lipinski definition) is 2. The molecule has 5 nitrogen and oxygen atoms in total. The summed E-state index contributed by atoms with van der Waals surface area (Å²) in [6.45, 7) is 8.63. The van der Waals surface area contributed by atoms with Gasteiger partial charge in [0, 0.05) is 17.5 Å². The van der Waals surface area contributed by atoms with Crippen molar-refractivity contribution in [1.82, 2.24) is 20.0 Å². The third kappa shape index (κ3) is 4.27. The molecule has 3 aliphatic rings. The third-order valence-corrected chi connectivity index (χ3v) is 9.68. The average molecular weight is 541 g/mol. The van der Waals surface area contributed by atoms with Crippen LogP contribution >= 0.6 is 0 Å². The van der Waals surface area contributed by atoms with E-state index in [4.69, 9.17) is 5.10 Å². The Morgan fingerprint density at radius 3 is 2.67 bits per heavy atom. The van der Waals surface area contributed by atoms with Gasteiger partial charge in [-0.25, -0.2) is 13.9 Å². The van der Waals surface area contributed by atoms with Gasteiger partial charge >= 0.3 is 6.03 Å². The number of amides is 2. The molecular weight excluding hydrogens is 499 g/mol.